The van der Waals surface area contributed by atoms with Gasteiger partial charge < -0.3 is 8.17 Å². The van der Waals surface area contributed by atoms with Crippen LogP contribution in [0.2, 0.25) is 0 Å². The highest BCUT2D eigenvalue weighted by atomic mass is 127. The van der Waals surface area contributed by atoms with Gasteiger partial charge in [-0.1, -0.05) is 21.6 Å². The van der Waals surface area contributed by atoms with E-state index in [0.29, 0.717) is 0 Å². The Hall–Kier alpha value is 1.35. The Labute approximate surface area is 88.9 Å². The Balaban J connectivity index is 2.64. The van der Waals surface area contributed by atoms with Gasteiger partial charge in [0, 0.05) is 5.75 Å². The molecule has 0 amide bonds. The summed E-state index contributed by atoms with van der Waals surface area (Å²) in [4.78, 5) is 0. The maximum absolute atomic E-state index is 9.54. The molecule has 0 radical (unpaired) electrons. The molecule has 1 N–H and O–H groups in total. The van der Waals surface area contributed by atoms with Gasteiger partial charge in [0.05, 0.1) is 10.9 Å². The van der Waals surface area contributed by atoms with Crippen LogP contribution in [0.1, 0.15) is 13.8 Å². The highest BCUT2D eigenvalue weighted by molar-refractivity contribution is 14.1. The molecule has 66 valence electrons. The van der Waals surface area contributed by atoms with E-state index in [9.17, 15) is 5.11 Å². The SMILES string of the molecule is CC1(C)SSCC(O)C1OI. The van der Waals surface area contributed by atoms with E-state index in [4.69, 9.17) is 3.07 Å². The van der Waals surface area contributed by atoms with Crippen LogP contribution in [0.5, 0.6) is 0 Å². The molecule has 2 atom stereocenters. The van der Waals surface area contributed by atoms with Crippen LogP contribution in [0.15, 0.2) is 0 Å². The molecule has 0 aliphatic carbocycles. The highest BCUT2D eigenvalue weighted by Crippen LogP contribution is 2.45. The zero-order chi connectivity index (χ0) is 8.48. The van der Waals surface area contributed by atoms with Gasteiger partial charge in [0.25, 0.3) is 0 Å². The van der Waals surface area contributed by atoms with Crippen LogP contribution in [-0.4, -0.2) is 27.8 Å². The van der Waals surface area contributed by atoms with Crippen LogP contribution in [0, 0.1) is 0 Å². The van der Waals surface area contributed by atoms with Gasteiger partial charge in [0.2, 0.25) is 0 Å². The Morgan fingerprint density at radius 2 is 2.27 bits per heavy atom. The summed E-state index contributed by atoms with van der Waals surface area (Å²) in [7, 11) is 3.50. The third-order valence-electron chi connectivity index (χ3n) is 1.64. The van der Waals surface area contributed by atoms with Gasteiger partial charge in [-0.25, -0.2) is 0 Å². The molecule has 1 fully saturated rings. The van der Waals surface area contributed by atoms with Crippen molar-refractivity contribution in [1.82, 2.24) is 0 Å². The molecule has 0 spiro atoms. The first-order valence-corrected chi connectivity index (χ1v) is 6.54. The van der Waals surface area contributed by atoms with E-state index in [1.165, 1.54) is 0 Å². The number of hydrogen-bond acceptors (Lipinski definition) is 4. The van der Waals surface area contributed by atoms with Crippen LogP contribution in [-0.2, 0) is 3.07 Å². The van der Waals surface area contributed by atoms with Crippen molar-refractivity contribution in [3.8, 4) is 0 Å². The summed E-state index contributed by atoms with van der Waals surface area (Å²) in [6.45, 7) is 4.19. The maximum Gasteiger partial charge on any atom is 0.112 e. The molecule has 1 aliphatic heterocycles. The summed E-state index contributed by atoms with van der Waals surface area (Å²) in [5, 5.41) is 9.54. The van der Waals surface area contributed by atoms with Crippen molar-refractivity contribution in [1.29, 1.82) is 0 Å². The van der Waals surface area contributed by atoms with E-state index in [1.807, 2.05) is 23.0 Å². The van der Waals surface area contributed by atoms with Crippen molar-refractivity contribution in [3.05, 3.63) is 0 Å². The second-order valence-electron chi connectivity index (χ2n) is 3.05. The lowest BCUT2D eigenvalue weighted by atomic mass is 10.0. The van der Waals surface area contributed by atoms with Crippen LogP contribution in [0.3, 0.4) is 0 Å². The topological polar surface area (TPSA) is 29.5 Å². The molecule has 2 nitrogen and oxygen atoms in total. The van der Waals surface area contributed by atoms with Gasteiger partial charge in [-0.05, 0) is 13.8 Å². The molecule has 0 aromatic rings. The third-order valence-corrected chi connectivity index (χ3v) is 5.50. The predicted octanol–water partition coefficient (Wildman–Crippen LogP) is 2.26. The quantitative estimate of drug-likeness (QED) is 0.594. The fraction of sp³-hybridized carbons (Fsp3) is 1.00. The first-order chi connectivity index (χ1) is 5.08. The van der Waals surface area contributed by atoms with E-state index in [1.54, 1.807) is 21.6 Å². The van der Waals surface area contributed by atoms with Gasteiger partial charge in [-0.3, -0.25) is 0 Å². The minimum Gasteiger partial charge on any atom is -0.389 e. The van der Waals surface area contributed by atoms with Crippen molar-refractivity contribution < 1.29 is 8.17 Å². The van der Waals surface area contributed by atoms with Crippen LogP contribution >= 0.6 is 44.6 Å². The van der Waals surface area contributed by atoms with Crippen molar-refractivity contribution >= 4 is 44.6 Å². The molecule has 1 aliphatic rings. The number of aliphatic hydroxyl groups is 1. The summed E-state index contributed by atoms with van der Waals surface area (Å²) < 4.78 is 5.22. The van der Waals surface area contributed by atoms with Gasteiger partial charge >= 0.3 is 0 Å². The molecule has 5 heteroatoms. The molecule has 0 aromatic heterocycles. The van der Waals surface area contributed by atoms with Gasteiger partial charge in [-0.2, -0.15) is 0 Å². The summed E-state index contributed by atoms with van der Waals surface area (Å²) in [5.74, 6) is 0.766. The lowest BCUT2D eigenvalue weighted by Crippen LogP contribution is -2.46. The Morgan fingerprint density at radius 1 is 1.64 bits per heavy atom. The van der Waals surface area contributed by atoms with Gasteiger partial charge in [0.1, 0.15) is 29.1 Å². The minimum absolute atomic E-state index is 0.0174. The predicted molar refractivity (Wildman–Crippen MR) is 59.0 cm³/mol. The Bertz CT molecular complexity index is 143. The third kappa shape index (κ3) is 2.40. The molecule has 11 heavy (non-hydrogen) atoms. The standard InChI is InChI=1S/C6H11IO2S2/c1-6(2)5(9-7)4(8)3-10-11-6/h4-5,8H,3H2,1-2H3. The molecule has 0 saturated carbocycles. The maximum atomic E-state index is 9.54. The fourth-order valence-corrected chi connectivity index (χ4v) is 4.97. The molecule has 1 saturated heterocycles. The normalized spacial score (nSPS) is 37.1. The van der Waals surface area contributed by atoms with E-state index < -0.39 is 0 Å². The fourth-order valence-electron chi connectivity index (χ4n) is 1.02. The summed E-state index contributed by atoms with van der Waals surface area (Å²) in [6.07, 6.45) is -0.373. The Morgan fingerprint density at radius 3 is 2.64 bits per heavy atom. The van der Waals surface area contributed by atoms with Gasteiger partial charge in [0.15, 0.2) is 0 Å². The number of hydrogen-bond donors (Lipinski definition) is 1. The molecule has 1 rings (SSSR count). The molecular formula is C6H11IO2S2. The molecule has 2 unspecified atom stereocenters. The van der Waals surface area contributed by atoms with Gasteiger partial charge in [-0.15, -0.1) is 0 Å². The van der Waals surface area contributed by atoms with Crippen molar-refractivity contribution in [3.63, 3.8) is 0 Å². The zero-order valence-corrected chi connectivity index (χ0v) is 10.2. The molecular weight excluding hydrogens is 295 g/mol. The first kappa shape index (κ1) is 10.4. The minimum atomic E-state index is -0.326. The highest BCUT2D eigenvalue weighted by Gasteiger charge is 2.40. The van der Waals surface area contributed by atoms with Crippen LogP contribution in [0.25, 0.3) is 0 Å². The summed E-state index contributed by atoms with van der Waals surface area (Å²) >= 11 is 1.86. The Kier molecular flexibility index (Phi) is 3.83. The van der Waals surface area contributed by atoms with Crippen molar-refractivity contribution in [2.45, 2.75) is 30.8 Å². The van der Waals surface area contributed by atoms with E-state index in [2.05, 4.69) is 13.8 Å². The van der Waals surface area contributed by atoms with Crippen LogP contribution < -0.4 is 0 Å². The number of halogens is 1. The molecule has 1 heterocycles. The first-order valence-electron chi connectivity index (χ1n) is 3.34. The van der Waals surface area contributed by atoms with Crippen molar-refractivity contribution in [2.75, 3.05) is 5.75 Å². The molecule has 0 aromatic carbocycles. The lowest BCUT2D eigenvalue weighted by molar-refractivity contribution is 0.0610. The van der Waals surface area contributed by atoms with E-state index in [-0.39, 0.29) is 17.0 Å². The summed E-state index contributed by atoms with van der Waals surface area (Å²) in [5.41, 5.74) is 0. The monoisotopic (exact) mass is 306 g/mol. The van der Waals surface area contributed by atoms with Crippen LogP contribution in [0.4, 0.5) is 0 Å². The van der Waals surface area contributed by atoms with E-state index in [0.717, 1.165) is 5.75 Å². The molecule has 0 bridgehead atoms. The second kappa shape index (κ2) is 4.04. The average Bonchev–Trinajstić information content (AvgIpc) is 1.86. The smallest absolute Gasteiger partial charge is 0.112 e. The summed E-state index contributed by atoms with van der Waals surface area (Å²) in [6, 6.07) is 0. The lowest BCUT2D eigenvalue weighted by Gasteiger charge is -2.38. The second-order valence-corrected chi connectivity index (χ2v) is 6.55. The largest absolute Gasteiger partial charge is 0.389 e. The average molecular weight is 306 g/mol. The van der Waals surface area contributed by atoms with E-state index >= 15 is 0 Å². The zero-order valence-electron chi connectivity index (χ0n) is 6.41. The number of rotatable bonds is 1. The van der Waals surface area contributed by atoms with Crippen molar-refractivity contribution in [2.24, 2.45) is 0 Å². The number of aliphatic hydroxyl groups excluding tert-OH is 1.